The molecule has 1 N–H and O–H groups in total. The predicted octanol–water partition coefficient (Wildman–Crippen LogP) is 2.24. The molecule has 17 heavy (non-hydrogen) atoms. The molecule has 0 aliphatic heterocycles. The number of hydrogen-bond donors (Lipinski definition) is 1. The van der Waals surface area contributed by atoms with Gasteiger partial charge in [0.25, 0.3) is 0 Å². The van der Waals surface area contributed by atoms with Crippen LogP contribution in [-0.4, -0.2) is 17.1 Å². The van der Waals surface area contributed by atoms with Crippen LogP contribution in [0.15, 0.2) is 36.5 Å². The summed E-state index contributed by atoms with van der Waals surface area (Å²) in [5, 5.41) is 3.01. The first kappa shape index (κ1) is 11.3. The number of aromatic nitrogens is 2. The van der Waals surface area contributed by atoms with Crippen molar-refractivity contribution in [2.75, 3.05) is 12.4 Å². The summed E-state index contributed by atoms with van der Waals surface area (Å²) in [6.45, 7) is 0.480. The van der Waals surface area contributed by atoms with Gasteiger partial charge in [-0.1, -0.05) is 12.1 Å². The lowest BCUT2D eigenvalue weighted by atomic mass is 10.2. The summed E-state index contributed by atoms with van der Waals surface area (Å²) < 4.78 is 18.0. The Morgan fingerprint density at radius 3 is 2.94 bits per heavy atom. The Kier molecular flexibility index (Phi) is 3.49. The number of nitrogens with one attached hydrogen (secondary N) is 1. The Hall–Kier alpha value is -2.17. The third-order valence-electron chi connectivity index (χ3n) is 2.22. The summed E-state index contributed by atoms with van der Waals surface area (Å²) in [4.78, 5) is 7.78. The van der Waals surface area contributed by atoms with Gasteiger partial charge in [0.2, 0.25) is 11.8 Å². The molecule has 0 aromatic carbocycles. The lowest BCUT2D eigenvalue weighted by Gasteiger charge is -2.08. The van der Waals surface area contributed by atoms with Gasteiger partial charge in [-0.2, -0.15) is 4.39 Å². The summed E-state index contributed by atoms with van der Waals surface area (Å²) in [6, 6.07) is 8.31. The molecule has 0 unspecified atom stereocenters. The lowest BCUT2D eigenvalue weighted by Crippen LogP contribution is -2.04. The third kappa shape index (κ3) is 2.90. The van der Waals surface area contributed by atoms with E-state index in [-0.39, 0.29) is 0 Å². The van der Waals surface area contributed by atoms with Gasteiger partial charge >= 0.3 is 0 Å². The molecule has 4 nitrogen and oxygen atoms in total. The standard InChI is InChI=1S/C12H12FN3O/c1-17-12-9(4-3-7-14-12)8-15-11-6-2-5-10(13)16-11/h2-7H,8H2,1H3,(H,15,16). The van der Waals surface area contributed by atoms with Crippen LogP contribution in [0, 0.1) is 5.95 Å². The molecule has 5 heteroatoms. The fraction of sp³-hybridized carbons (Fsp3) is 0.167. The molecule has 0 amide bonds. The molecule has 0 aliphatic carbocycles. The van der Waals surface area contributed by atoms with Gasteiger partial charge in [0.05, 0.1) is 7.11 Å². The maximum atomic E-state index is 12.9. The predicted molar refractivity (Wildman–Crippen MR) is 62.3 cm³/mol. The molecule has 2 heterocycles. The van der Waals surface area contributed by atoms with Gasteiger partial charge in [-0.3, -0.25) is 0 Å². The van der Waals surface area contributed by atoms with Crippen molar-refractivity contribution >= 4 is 5.82 Å². The quantitative estimate of drug-likeness (QED) is 0.823. The first-order valence-electron chi connectivity index (χ1n) is 5.14. The van der Waals surface area contributed by atoms with Crippen molar-refractivity contribution in [3.8, 4) is 5.88 Å². The van der Waals surface area contributed by atoms with E-state index in [1.807, 2.05) is 12.1 Å². The van der Waals surface area contributed by atoms with E-state index in [9.17, 15) is 4.39 Å². The van der Waals surface area contributed by atoms with Gasteiger partial charge in [0.1, 0.15) is 5.82 Å². The Balaban J connectivity index is 2.07. The zero-order valence-electron chi connectivity index (χ0n) is 9.35. The second kappa shape index (κ2) is 5.25. The number of anilines is 1. The Morgan fingerprint density at radius 2 is 2.18 bits per heavy atom. The Labute approximate surface area is 98.5 Å². The van der Waals surface area contributed by atoms with Crippen molar-refractivity contribution in [3.63, 3.8) is 0 Å². The Bertz CT molecular complexity index is 505. The van der Waals surface area contributed by atoms with Crippen molar-refractivity contribution in [2.24, 2.45) is 0 Å². The minimum Gasteiger partial charge on any atom is -0.481 e. The highest BCUT2D eigenvalue weighted by molar-refractivity contribution is 5.37. The highest BCUT2D eigenvalue weighted by Crippen LogP contribution is 2.15. The maximum absolute atomic E-state index is 12.9. The van der Waals surface area contributed by atoms with Gasteiger partial charge in [-0.15, -0.1) is 0 Å². The normalized spacial score (nSPS) is 10.0. The molecule has 0 aliphatic rings. The summed E-state index contributed by atoms with van der Waals surface area (Å²) >= 11 is 0. The van der Waals surface area contributed by atoms with Crippen LogP contribution in [-0.2, 0) is 6.54 Å². The number of hydrogen-bond acceptors (Lipinski definition) is 4. The van der Waals surface area contributed by atoms with Crippen LogP contribution in [0.3, 0.4) is 0 Å². The monoisotopic (exact) mass is 233 g/mol. The molecule has 0 spiro atoms. The minimum absolute atomic E-state index is 0.480. The summed E-state index contributed by atoms with van der Waals surface area (Å²) in [7, 11) is 1.56. The number of methoxy groups -OCH3 is 1. The first-order valence-corrected chi connectivity index (χ1v) is 5.14. The molecule has 2 rings (SSSR count). The molecule has 0 radical (unpaired) electrons. The van der Waals surface area contributed by atoms with Crippen LogP contribution < -0.4 is 10.1 Å². The highest BCUT2D eigenvalue weighted by Gasteiger charge is 2.03. The van der Waals surface area contributed by atoms with Crippen molar-refractivity contribution in [1.82, 2.24) is 9.97 Å². The van der Waals surface area contributed by atoms with Crippen LogP contribution in [0.2, 0.25) is 0 Å². The van der Waals surface area contributed by atoms with Crippen LogP contribution in [0.5, 0.6) is 5.88 Å². The SMILES string of the molecule is COc1ncccc1CNc1cccc(F)n1. The Morgan fingerprint density at radius 1 is 1.29 bits per heavy atom. The van der Waals surface area contributed by atoms with E-state index in [4.69, 9.17) is 4.74 Å². The smallest absolute Gasteiger partial charge is 0.218 e. The minimum atomic E-state index is -0.506. The van der Waals surface area contributed by atoms with Crippen LogP contribution in [0.4, 0.5) is 10.2 Å². The molecule has 2 aromatic heterocycles. The topological polar surface area (TPSA) is 47.0 Å². The van der Waals surface area contributed by atoms with E-state index in [0.717, 1.165) is 5.56 Å². The van der Waals surface area contributed by atoms with Gasteiger partial charge in [-0.05, 0) is 18.2 Å². The van der Waals surface area contributed by atoms with Gasteiger partial charge in [0.15, 0.2) is 0 Å². The van der Waals surface area contributed by atoms with E-state index >= 15 is 0 Å². The average Bonchev–Trinajstić information content (AvgIpc) is 2.37. The van der Waals surface area contributed by atoms with Gasteiger partial charge < -0.3 is 10.1 Å². The lowest BCUT2D eigenvalue weighted by molar-refractivity contribution is 0.393. The van der Waals surface area contributed by atoms with Crippen LogP contribution in [0.25, 0.3) is 0 Å². The van der Waals surface area contributed by atoms with Crippen molar-refractivity contribution in [1.29, 1.82) is 0 Å². The summed E-state index contributed by atoms with van der Waals surface area (Å²) in [5.41, 5.74) is 0.890. The maximum Gasteiger partial charge on any atom is 0.218 e. The fourth-order valence-corrected chi connectivity index (χ4v) is 1.43. The van der Waals surface area contributed by atoms with Crippen molar-refractivity contribution < 1.29 is 9.13 Å². The van der Waals surface area contributed by atoms with E-state index in [2.05, 4.69) is 15.3 Å². The largest absolute Gasteiger partial charge is 0.481 e. The molecule has 2 aromatic rings. The molecule has 0 saturated carbocycles. The molecule has 88 valence electrons. The van der Waals surface area contributed by atoms with E-state index < -0.39 is 5.95 Å². The van der Waals surface area contributed by atoms with Crippen molar-refractivity contribution in [3.05, 3.63) is 48.0 Å². The molecular weight excluding hydrogens is 221 g/mol. The molecule has 0 atom stereocenters. The van der Waals surface area contributed by atoms with Crippen LogP contribution in [0.1, 0.15) is 5.56 Å². The average molecular weight is 233 g/mol. The second-order valence-corrected chi connectivity index (χ2v) is 3.37. The molecule has 0 fully saturated rings. The molecule has 0 saturated heterocycles. The first-order chi connectivity index (χ1) is 8.29. The van der Waals surface area contributed by atoms with Crippen LogP contribution >= 0.6 is 0 Å². The number of ether oxygens (including phenoxy) is 1. The number of nitrogens with zero attached hydrogens (tertiary/aromatic N) is 2. The van der Waals surface area contributed by atoms with E-state index in [0.29, 0.717) is 18.2 Å². The summed E-state index contributed by atoms with van der Waals surface area (Å²) in [6.07, 6.45) is 1.66. The fourth-order valence-electron chi connectivity index (χ4n) is 1.43. The highest BCUT2D eigenvalue weighted by atomic mass is 19.1. The zero-order valence-corrected chi connectivity index (χ0v) is 9.35. The molecular formula is C12H12FN3O. The summed E-state index contributed by atoms with van der Waals surface area (Å²) in [5.74, 6) is 0.528. The van der Waals surface area contributed by atoms with E-state index in [1.165, 1.54) is 6.07 Å². The third-order valence-corrected chi connectivity index (χ3v) is 2.22. The number of pyridine rings is 2. The van der Waals surface area contributed by atoms with E-state index in [1.54, 1.807) is 25.4 Å². The number of rotatable bonds is 4. The van der Waals surface area contributed by atoms with Gasteiger partial charge in [0, 0.05) is 18.3 Å². The number of halogens is 1. The molecule has 0 bridgehead atoms. The zero-order chi connectivity index (χ0) is 12.1. The van der Waals surface area contributed by atoms with Crippen molar-refractivity contribution in [2.45, 2.75) is 6.54 Å². The second-order valence-electron chi connectivity index (χ2n) is 3.37. The van der Waals surface area contributed by atoms with Gasteiger partial charge in [-0.25, -0.2) is 9.97 Å².